The molecule has 0 aliphatic rings. The summed E-state index contributed by atoms with van der Waals surface area (Å²) in [7, 11) is 0. The molecule has 0 aliphatic carbocycles. The largest absolute Gasteiger partial charge is 0.399 e. The van der Waals surface area contributed by atoms with Crippen molar-refractivity contribution in [2.24, 2.45) is 0 Å². The molecule has 0 bridgehead atoms. The molecular weight excluding hydrogens is 335 g/mol. The summed E-state index contributed by atoms with van der Waals surface area (Å²) in [4.78, 5) is 14.1. The third-order valence-corrected chi connectivity index (χ3v) is 3.59. The quantitative estimate of drug-likeness (QED) is 0.851. The lowest BCUT2D eigenvalue weighted by molar-refractivity contribution is 0.0752. The van der Waals surface area contributed by atoms with E-state index < -0.39 is 5.82 Å². The predicted molar refractivity (Wildman–Crippen MR) is 85.4 cm³/mol. The first-order valence-corrected chi connectivity index (χ1v) is 7.38. The molecule has 0 saturated carbocycles. The van der Waals surface area contributed by atoms with Gasteiger partial charge < -0.3 is 10.6 Å². The maximum absolute atomic E-state index is 13.4. The van der Waals surface area contributed by atoms with Gasteiger partial charge in [0.25, 0.3) is 5.91 Å². The van der Waals surface area contributed by atoms with Crippen molar-refractivity contribution in [2.75, 3.05) is 12.3 Å². The predicted octanol–water partition coefficient (Wildman–Crippen LogP) is 3.83. The number of hydrogen-bond acceptors (Lipinski definition) is 2. The Morgan fingerprint density at radius 1 is 1.24 bits per heavy atom. The molecule has 2 aromatic rings. The smallest absolute Gasteiger partial charge is 0.254 e. The molecule has 110 valence electrons. The van der Waals surface area contributed by atoms with E-state index in [1.165, 1.54) is 12.1 Å². The zero-order valence-corrected chi connectivity index (χ0v) is 13.2. The first kappa shape index (κ1) is 15.5. The fraction of sp³-hybridized carbons (Fsp3) is 0.188. The van der Waals surface area contributed by atoms with Gasteiger partial charge in [-0.1, -0.05) is 28.1 Å². The Kier molecular flexibility index (Phi) is 4.96. The van der Waals surface area contributed by atoms with E-state index in [0.717, 1.165) is 5.56 Å². The Balaban J connectivity index is 2.20. The lowest BCUT2D eigenvalue weighted by Crippen LogP contribution is -2.30. The zero-order valence-electron chi connectivity index (χ0n) is 11.6. The molecule has 21 heavy (non-hydrogen) atoms. The maximum atomic E-state index is 13.4. The van der Waals surface area contributed by atoms with E-state index in [0.29, 0.717) is 28.8 Å². The molecule has 2 N–H and O–H groups in total. The lowest BCUT2D eigenvalue weighted by Gasteiger charge is -2.21. The highest BCUT2D eigenvalue weighted by molar-refractivity contribution is 9.10. The van der Waals surface area contributed by atoms with E-state index in [9.17, 15) is 9.18 Å². The molecule has 0 atom stereocenters. The van der Waals surface area contributed by atoms with Crippen LogP contribution in [0.3, 0.4) is 0 Å². The third-order valence-electron chi connectivity index (χ3n) is 3.13. The summed E-state index contributed by atoms with van der Waals surface area (Å²) in [6, 6.07) is 11.6. The Morgan fingerprint density at radius 2 is 1.90 bits per heavy atom. The number of carbonyl (C=O) groups is 1. The molecular formula is C16H16BrFN2O. The number of benzene rings is 2. The highest BCUT2D eigenvalue weighted by atomic mass is 79.9. The maximum Gasteiger partial charge on any atom is 0.254 e. The monoisotopic (exact) mass is 350 g/mol. The van der Waals surface area contributed by atoms with Crippen LogP contribution in [0.5, 0.6) is 0 Å². The Bertz CT molecular complexity index is 623. The highest BCUT2D eigenvalue weighted by Crippen LogP contribution is 2.18. The van der Waals surface area contributed by atoms with Crippen molar-refractivity contribution in [2.45, 2.75) is 13.5 Å². The second kappa shape index (κ2) is 6.72. The van der Waals surface area contributed by atoms with Gasteiger partial charge in [0.1, 0.15) is 5.82 Å². The Hall–Kier alpha value is -1.88. The van der Waals surface area contributed by atoms with Crippen molar-refractivity contribution < 1.29 is 9.18 Å². The van der Waals surface area contributed by atoms with E-state index in [2.05, 4.69) is 15.9 Å². The minimum Gasteiger partial charge on any atom is -0.399 e. The normalized spacial score (nSPS) is 10.4. The number of amides is 1. The average Bonchev–Trinajstić information content (AvgIpc) is 2.45. The van der Waals surface area contributed by atoms with Gasteiger partial charge in [-0.2, -0.15) is 0 Å². The van der Waals surface area contributed by atoms with Gasteiger partial charge in [0.15, 0.2) is 0 Å². The van der Waals surface area contributed by atoms with E-state index in [1.54, 1.807) is 23.1 Å². The SMILES string of the molecule is CCN(Cc1ccc(N)cc1)C(=O)c1cc(F)cc(Br)c1. The molecule has 0 fully saturated rings. The van der Waals surface area contributed by atoms with Gasteiger partial charge in [-0.25, -0.2) is 4.39 Å². The number of halogens is 2. The molecule has 0 heterocycles. The van der Waals surface area contributed by atoms with Gasteiger partial charge in [0.2, 0.25) is 0 Å². The summed E-state index contributed by atoms with van der Waals surface area (Å²) < 4.78 is 14.0. The van der Waals surface area contributed by atoms with Crippen molar-refractivity contribution in [3.63, 3.8) is 0 Å². The van der Waals surface area contributed by atoms with Crippen LogP contribution in [0, 0.1) is 5.82 Å². The van der Waals surface area contributed by atoms with Gasteiger partial charge in [-0.15, -0.1) is 0 Å². The van der Waals surface area contributed by atoms with Crippen LogP contribution in [0.1, 0.15) is 22.8 Å². The number of nitrogens with two attached hydrogens (primary N) is 1. The standard InChI is InChI=1S/C16H16BrFN2O/c1-2-20(10-11-3-5-15(19)6-4-11)16(21)12-7-13(17)9-14(18)8-12/h3-9H,2,10,19H2,1H3. The molecule has 3 nitrogen and oxygen atoms in total. The molecule has 2 aromatic carbocycles. The Morgan fingerprint density at radius 3 is 2.48 bits per heavy atom. The van der Waals surface area contributed by atoms with Crippen molar-refractivity contribution in [1.82, 2.24) is 4.90 Å². The summed E-state index contributed by atoms with van der Waals surface area (Å²) in [6.45, 7) is 2.89. The average molecular weight is 351 g/mol. The Labute approximate surface area is 131 Å². The number of carbonyl (C=O) groups excluding carboxylic acids is 1. The van der Waals surface area contributed by atoms with Gasteiger partial charge in [0.05, 0.1) is 0 Å². The lowest BCUT2D eigenvalue weighted by atomic mass is 10.1. The fourth-order valence-electron chi connectivity index (χ4n) is 2.03. The van der Waals surface area contributed by atoms with Gasteiger partial charge in [-0.05, 0) is 42.8 Å². The molecule has 0 spiro atoms. The van der Waals surface area contributed by atoms with Crippen LogP contribution in [0.15, 0.2) is 46.9 Å². The van der Waals surface area contributed by atoms with Gasteiger partial charge in [-0.3, -0.25) is 4.79 Å². The summed E-state index contributed by atoms with van der Waals surface area (Å²) >= 11 is 3.20. The van der Waals surface area contributed by atoms with E-state index in [-0.39, 0.29) is 5.91 Å². The van der Waals surface area contributed by atoms with Crippen molar-refractivity contribution in [3.05, 3.63) is 63.9 Å². The van der Waals surface area contributed by atoms with E-state index in [4.69, 9.17) is 5.73 Å². The fourth-order valence-corrected chi connectivity index (χ4v) is 2.50. The van der Waals surface area contributed by atoms with Crippen molar-refractivity contribution in [3.8, 4) is 0 Å². The number of anilines is 1. The van der Waals surface area contributed by atoms with Crippen LogP contribution in [0.4, 0.5) is 10.1 Å². The minimum absolute atomic E-state index is 0.200. The van der Waals surface area contributed by atoms with Crippen LogP contribution >= 0.6 is 15.9 Å². The third kappa shape index (κ3) is 4.04. The summed E-state index contributed by atoms with van der Waals surface area (Å²) in [5, 5.41) is 0. The van der Waals surface area contributed by atoms with Crippen LogP contribution < -0.4 is 5.73 Å². The molecule has 2 rings (SSSR count). The highest BCUT2D eigenvalue weighted by Gasteiger charge is 2.16. The van der Waals surface area contributed by atoms with Crippen LogP contribution in [0.25, 0.3) is 0 Å². The number of nitrogen functional groups attached to an aromatic ring is 1. The van der Waals surface area contributed by atoms with Gasteiger partial charge in [0, 0.05) is 28.8 Å². The number of nitrogens with zero attached hydrogens (tertiary/aromatic N) is 1. The topological polar surface area (TPSA) is 46.3 Å². The zero-order chi connectivity index (χ0) is 15.4. The molecule has 1 amide bonds. The van der Waals surface area contributed by atoms with Crippen molar-refractivity contribution in [1.29, 1.82) is 0 Å². The van der Waals surface area contributed by atoms with Crippen LogP contribution in [-0.2, 0) is 6.54 Å². The first-order valence-electron chi connectivity index (χ1n) is 6.59. The number of rotatable bonds is 4. The number of hydrogen-bond donors (Lipinski definition) is 1. The van der Waals surface area contributed by atoms with E-state index >= 15 is 0 Å². The van der Waals surface area contributed by atoms with Crippen molar-refractivity contribution >= 4 is 27.5 Å². The summed E-state index contributed by atoms with van der Waals surface area (Å²) in [5.74, 6) is -0.634. The second-order valence-corrected chi connectivity index (χ2v) is 5.63. The minimum atomic E-state index is -0.434. The van der Waals surface area contributed by atoms with E-state index in [1.807, 2.05) is 19.1 Å². The second-order valence-electron chi connectivity index (χ2n) is 4.72. The van der Waals surface area contributed by atoms with Gasteiger partial charge >= 0.3 is 0 Å². The summed E-state index contributed by atoms with van der Waals surface area (Å²) in [5.41, 5.74) is 7.64. The molecule has 5 heteroatoms. The first-order chi connectivity index (χ1) is 9.99. The molecule has 0 aliphatic heterocycles. The molecule has 0 saturated heterocycles. The van der Waals surface area contributed by atoms with Crippen LogP contribution in [0.2, 0.25) is 0 Å². The molecule has 0 aromatic heterocycles. The molecule has 0 radical (unpaired) electrons. The summed E-state index contributed by atoms with van der Waals surface area (Å²) in [6.07, 6.45) is 0. The van der Waals surface area contributed by atoms with Crippen LogP contribution in [-0.4, -0.2) is 17.4 Å². The molecule has 0 unspecified atom stereocenters.